The van der Waals surface area contributed by atoms with Crippen LogP contribution < -0.4 is 14.8 Å². The molecule has 3 rings (SSSR count). The average Bonchev–Trinajstić information content (AvgIpc) is 2.79. The van der Waals surface area contributed by atoms with Gasteiger partial charge in [0.2, 0.25) is 0 Å². The molecule has 0 aromatic heterocycles. The third-order valence-electron chi connectivity index (χ3n) is 5.09. The Hall–Kier alpha value is -3.57. The lowest BCUT2D eigenvalue weighted by Crippen LogP contribution is -2.47. The highest BCUT2D eigenvalue weighted by atomic mass is 16.5. The van der Waals surface area contributed by atoms with Gasteiger partial charge in [-0.3, -0.25) is 9.59 Å². The monoisotopic (exact) mass is 422 g/mol. The van der Waals surface area contributed by atoms with Crippen LogP contribution in [0.3, 0.4) is 0 Å². The average molecular weight is 422 g/mol. The van der Waals surface area contributed by atoms with Crippen molar-refractivity contribution >= 4 is 17.5 Å². The number of amides is 2. The number of rotatable bonds is 7. The minimum atomic E-state index is -0.372. The lowest BCUT2D eigenvalue weighted by atomic mass is 10.1. The van der Waals surface area contributed by atoms with E-state index in [9.17, 15) is 9.59 Å². The number of ether oxygens (including phenoxy) is 2. The van der Waals surface area contributed by atoms with E-state index in [-0.39, 0.29) is 18.4 Å². The van der Waals surface area contributed by atoms with Gasteiger partial charge >= 0.3 is 0 Å². The predicted molar refractivity (Wildman–Crippen MR) is 116 cm³/mol. The lowest BCUT2D eigenvalue weighted by molar-refractivity contribution is -0.118. The summed E-state index contributed by atoms with van der Waals surface area (Å²) in [4.78, 5) is 29.2. The van der Waals surface area contributed by atoms with Crippen molar-refractivity contribution in [3.05, 3.63) is 53.6 Å². The molecule has 162 valence electrons. The molecule has 1 fully saturated rings. The summed E-state index contributed by atoms with van der Waals surface area (Å²) in [5.41, 5.74) is 1.79. The molecule has 0 aliphatic carbocycles. The Morgan fingerprint density at radius 1 is 1.10 bits per heavy atom. The van der Waals surface area contributed by atoms with Crippen molar-refractivity contribution < 1.29 is 19.1 Å². The van der Waals surface area contributed by atoms with Gasteiger partial charge in [0.15, 0.2) is 6.61 Å². The van der Waals surface area contributed by atoms with Crippen molar-refractivity contribution in [3.8, 4) is 17.6 Å². The van der Waals surface area contributed by atoms with E-state index in [1.165, 1.54) is 7.11 Å². The molecule has 2 amide bonds. The molecule has 0 atom stereocenters. The van der Waals surface area contributed by atoms with Gasteiger partial charge < -0.3 is 24.6 Å². The first-order valence-electron chi connectivity index (χ1n) is 10.0. The molecule has 8 nitrogen and oxygen atoms in total. The number of nitrogens with one attached hydrogen (secondary N) is 1. The van der Waals surface area contributed by atoms with Crippen molar-refractivity contribution in [2.45, 2.75) is 6.42 Å². The van der Waals surface area contributed by atoms with Gasteiger partial charge in [0, 0.05) is 31.7 Å². The van der Waals surface area contributed by atoms with Crippen LogP contribution in [0.5, 0.6) is 11.5 Å². The van der Waals surface area contributed by atoms with Crippen LogP contribution in [-0.4, -0.2) is 68.6 Å². The van der Waals surface area contributed by atoms with Crippen LogP contribution in [0.2, 0.25) is 0 Å². The molecule has 1 saturated heterocycles. The summed E-state index contributed by atoms with van der Waals surface area (Å²) in [5, 5.41) is 11.5. The summed E-state index contributed by atoms with van der Waals surface area (Å²) in [7, 11) is 3.54. The van der Waals surface area contributed by atoms with Gasteiger partial charge in [-0.05, 0) is 42.9 Å². The number of hydrogen-bond acceptors (Lipinski definition) is 6. The molecule has 0 bridgehead atoms. The third kappa shape index (κ3) is 5.96. The molecule has 1 N–H and O–H groups in total. The van der Waals surface area contributed by atoms with Gasteiger partial charge in [0.25, 0.3) is 11.8 Å². The summed E-state index contributed by atoms with van der Waals surface area (Å²) >= 11 is 0. The molecule has 0 radical (unpaired) electrons. The number of nitrogens with zero attached hydrogens (tertiary/aromatic N) is 3. The predicted octanol–water partition coefficient (Wildman–Crippen LogP) is 2.17. The van der Waals surface area contributed by atoms with Gasteiger partial charge in [-0.25, -0.2) is 0 Å². The number of nitriles is 1. The number of carbonyl (C=O) groups is 2. The largest absolute Gasteiger partial charge is 0.495 e. The van der Waals surface area contributed by atoms with Crippen LogP contribution in [0.4, 0.5) is 5.69 Å². The van der Waals surface area contributed by atoms with Crippen LogP contribution in [-0.2, 0) is 11.2 Å². The summed E-state index contributed by atoms with van der Waals surface area (Å²) in [6.45, 7) is 2.81. The maximum absolute atomic E-state index is 12.8. The second kappa shape index (κ2) is 10.5. The van der Waals surface area contributed by atoms with Gasteiger partial charge in [0.05, 0.1) is 25.3 Å². The molecule has 0 unspecified atom stereocenters. The van der Waals surface area contributed by atoms with E-state index in [0.717, 1.165) is 18.7 Å². The van der Waals surface area contributed by atoms with Crippen LogP contribution in [0.25, 0.3) is 0 Å². The van der Waals surface area contributed by atoms with Gasteiger partial charge in [0.1, 0.15) is 11.5 Å². The van der Waals surface area contributed by atoms with E-state index in [2.05, 4.69) is 16.3 Å². The zero-order chi connectivity index (χ0) is 22.2. The Bertz CT molecular complexity index is 961. The van der Waals surface area contributed by atoms with Gasteiger partial charge in [-0.15, -0.1) is 0 Å². The zero-order valence-electron chi connectivity index (χ0n) is 17.8. The van der Waals surface area contributed by atoms with Crippen molar-refractivity contribution in [1.29, 1.82) is 5.26 Å². The maximum atomic E-state index is 12.8. The number of piperazine rings is 1. The molecule has 0 spiro atoms. The Morgan fingerprint density at radius 2 is 1.81 bits per heavy atom. The first kappa shape index (κ1) is 22.1. The van der Waals surface area contributed by atoms with Crippen molar-refractivity contribution in [2.24, 2.45) is 0 Å². The second-order valence-corrected chi connectivity index (χ2v) is 7.33. The highest BCUT2D eigenvalue weighted by molar-refractivity contribution is 5.98. The SMILES string of the molecule is COc1ccc(C(=O)N2CCN(C)CC2)cc1NC(=O)COc1ccc(CC#N)cc1. The number of methoxy groups -OCH3 is 1. The van der Waals surface area contributed by atoms with Crippen molar-refractivity contribution in [3.63, 3.8) is 0 Å². The van der Waals surface area contributed by atoms with Crippen LogP contribution >= 0.6 is 0 Å². The number of benzene rings is 2. The minimum Gasteiger partial charge on any atom is -0.495 e. The topological polar surface area (TPSA) is 94.9 Å². The van der Waals surface area contributed by atoms with E-state index in [4.69, 9.17) is 14.7 Å². The van der Waals surface area contributed by atoms with E-state index in [0.29, 0.717) is 42.3 Å². The number of likely N-dealkylation sites (N-methyl/N-ethyl adjacent to an activating group) is 1. The number of carbonyl (C=O) groups excluding carboxylic acids is 2. The van der Waals surface area contributed by atoms with E-state index in [1.807, 2.05) is 11.9 Å². The summed E-state index contributed by atoms with van der Waals surface area (Å²) in [6, 6.07) is 14.1. The fraction of sp³-hybridized carbons (Fsp3) is 0.348. The molecule has 2 aromatic carbocycles. The Labute approximate surface area is 182 Å². The normalized spacial score (nSPS) is 13.9. The number of anilines is 1. The summed E-state index contributed by atoms with van der Waals surface area (Å²) < 4.78 is 10.8. The van der Waals surface area contributed by atoms with Crippen molar-refractivity contribution in [2.75, 3.05) is 52.3 Å². The van der Waals surface area contributed by atoms with E-state index >= 15 is 0 Å². The van der Waals surface area contributed by atoms with Crippen LogP contribution in [0.15, 0.2) is 42.5 Å². The summed E-state index contributed by atoms with van der Waals surface area (Å²) in [6.07, 6.45) is 0.323. The molecule has 31 heavy (non-hydrogen) atoms. The van der Waals surface area contributed by atoms with Crippen LogP contribution in [0, 0.1) is 11.3 Å². The first-order valence-corrected chi connectivity index (χ1v) is 10.0. The van der Waals surface area contributed by atoms with Crippen molar-refractivity contribution in [1.82, 2.24) is 9.80 Å². The van der Waals surface area contributed by atoms with Gasteiger partial charge in [-0.1, -0.05) is 12.1 Å². The van der Waals surface area contributed by atoms with Crippen LogP contribution in [0.1, 0.15) is 15.9 Å². The minimum absolute atomic E-state index is 0.0695. The molecule has 0 saturated carbocycles. The Morgan fingerprint density at radius 3 is 2.45 bits per heavy atom. The highest BCUT2D eigenvalue weighted by Gasteiger charge is 2.21. The lowest BCUT2D eigenvalue weighted by Gasteiger charge is -2.32. The highest BCUT2D eigenvalue weighted by Crippen LogP contribution is 2.26. The fourth-order valence-corrected chi connectivity index (χ4v) is 3.26. The molecule has 2 aromatic rings. The molecule has 1 heterocycles. The maximum Gasteiger partial charge on any atom is 0.262 e. The number of hydrogen-bond donors (Lipinski definition) is 1. The standard InChI is InChI=1S/C23H26N4O4/c1-26-11-13-27(14-12-26)23(29)18-5-8-21(30-2)20(15-18)25-22(28)16-31-19-6-3-17(4-7-19)9-10-24/h3-8,15H,9,11-14,16H2,1-2H3,(H,25,28). The Kier molecular flexibility index (Phi) is 7.46. The first-order chi connectivity index (χ1) is 15.0. The summed E-state index contributed by atoms with van der Waals surface area (Å²) in [5.74, 6) is 0.551. The van der Waals surface area contributed by atoms with E-state index < -0.39 is 0 Å². The smallest absolute Gasteiger partial charge is 0.262 e. The van der Waals surface area contributed by atoms with E-state index in [1.54, 1.807) is 42.5 Å². The third-order valence-corrected chi connectivity index (χ3v) is 5.09. The second-order valence-electron chi connectivity index (χ2n) is 7.33. The molecular formula is C23H26N4O4. The van der Waals surface area contributed by atoms with Gasteiger partial charge in [-0.2, -0.15) is 5.26 Å². The molecule has 1 aliphatic rings. The fourth-order valence-electron chi connectivity index (χ4n) is 3.26. The molecule has 1 aliphatic heterocycles. The quantitative estimate of drug-likeness (QED) is 0.735. The molecule has 8 heteroatoms. The molecular weight excluding hydrogens is 396 g/mol. The Balaban J connectivity index is 1.62. The zero-order valence-corrected chi connectivity index (χ0v) is 17.8.